The van der Waals surface area contributed by atoms with Crippen LogP contribution in [0.25, 0.3) is 0 Å². The van der Waals surface area contributed by atoms with E-state index in [4.69, 9.17) is 5.11 Å². The SMILES string of the molecule is Cc1cccc(C)c1Nc1ccccc1CC(=O)O. The molecule has 0 spiro atoms. The van der Waals surface area contributed by atoms with Gasteiger partial charge in [0.1, 0.15) is 0 Å². The van der Waals surface area contributed by atoms with Gasteiger partial charge in [-0.15, -0.1) is 0 Å². The Bertz CT molecular complexity index is 585. The molecule has 3 heteroatoms. The molecule has 2 aromatic rings. The van der Waals surface area contributed by atoms with Gasteiger partial charge in [0, 0.05) is 11.4 Å². The second-order valence-electron chi connectivity index (χ2n) is 4.62. The van der Waals surface area contributed by atoms with Crippen LogP contribution in [0.3, 0.4) is 0 Å². The lowest BCUT2D eigenvalue weighted by Gasteiger charge is -2.15. The number of anilines is 2. The lowest BCUT2D eigenvalue weighted by Crippen LogP contribution is -2.04. The Labute approximate surface area is 112 Å². The third kappa shape index (κ3) is 3.13. The van der Waals surface area contributed by atoms with E-state index in [1.165, 1.54) is 0 Å². The van der Waals surface area contributed by atoms with E-state index in [-0.39, 0.29) is 6.42 Å². The van der Waals surface area contributed by atoms with E-state index in [0.29, 0.717) is 0 Å². The topological polar surface area (TPSA) is 49.3 Å². The van der Waals surface area contributed by atoms with Crippen LogP contribution in [0.1, 0.15) is 16.7 Å². The maximum atomic E-state index is 10.9. The monoisotopic (exact) mass is 255 g/mol. The summed E-state index contributed by atoms with van der Waals surface area (Å²) in [7, 11) is 0. The number of aliphatic carboxylic acids is 1. The molecule has 0 bridgehead atoms. The largest absolute Gasteiger partial charge is 0.481 e. The second-order valence-corrected chi connectivity index (χ2v) is 4.62. The van der Waals surface area contributed by atoms with Gasteiger partial charge in [-0.3, -0.25) is 4.79 Å². The van der Waals surface area contributed by atoms with E-state index in [2.05, 4.69) is 5.32 Å². The van der Waals surface area contributed by atoms with Crippen molar-refractivity contribution in [2.75, 3.05) is 5.32 Å². The lowest BCUT2D eigenvalue weighted by molar-refractivity contribution is -0.136. The van der Waals surface area contributed by atoms with Crippen molar-refractivity contribution in [2.24, 2.45) is 0 Å². The van der Waals surface area contributed by atoms with Crippen LogP contribution < -0.4 is 5.32 Å². The molecule has 0 saturated heterocycles. The number of rotatable bonds is 4. The summed E-state index contributed by atoms with van der Waals surface area (Å²) in [6, 6.07) is 13.6. The summed E-state index contributed by atoms with van der Waals surface area (Å²) < 4.78 is 0. The Kier molecular flexibility index (Phi) is 3.85. The van der Waals surface area contributed by atoms with Crippen LogP contribution in [-0.2, 0) is 11.2 Å². The van der Waals surface area contributed by atoms with Crippen LogP contribution in [0.2, 0.25) is 0 Å². The molecule has 0 aromatic heterocycles. The van der Waals surface area contributed by atoms with E-state index in [1.54, 1.807) is 0 Å². The van der Waals surface area contributed by atoms with Gasteiger partial charge in [0.05, 0.1) is 6.42 Å². The molecule has 19 heavy (non-hydrogen) atoms. The Morgan fingerprint density at radius 2 is 1.68 bits per heavy atom. The maximum Gasteiger partial charge on any atom is 0.307 e. The second kappa shape index (κ2) is 5.57. The first-order chi connectivity index (χ1) is 9.08. The molecule has 0 atom stereocenters. The summed E-state index contributed by atoms with van der Waals surface area (Å²) in [6.07, 6.45) is 0.0219. The Morgan fingerprint density at radius 1 is 1.05 bits per heavy atom. The summed E-state index contributed by atoms with van der Waals surface area (Å²) >= 11 is 0. The zero-order chi connectivity index (χ0) is 13.8. The minimum Gasteiger partial charge on any atom is -0.481 e. The van der Waals surface area contributed by atoms with Crippen molar-refractivity contribution in [3.05, 3.63) is 59.2 Å². The minimum atomic E-state index is -0.823. The molecular weight excluding hydrogens is 238 g/mol. The molecule has 0 amide bonds. The number of hydrogen-bond acceptors (Lipinski definition) is 2. The quantitative estimate of drug-likeness (QED) is 0.876. The van der Waals surface area contributed by atoms with E-state index >= 15 is 0 Å². The highest BCUT2D eigenvalue weighted by molar-refractivity contribution is 5.76. The third-order valence-electron chi connectivity index (χ3n) is 3.10. The van der Waals surface area contributed by atoms with Crippen LogP contribution in [0.5, 0.6) is 0 Å². The summed E-state index contributed by atoms with van der Waals surface area (Å²) in [5.74, 6) is -0.823. The van der Waals surface area contributed by atoms with Gasteiger partial charge < -0.3 is 10.4 Å². The molecule has 2 rings (SSSR count). The van der Waals surface area contributed by atoms with Gasteiger partial charge >= 0.3 is 5.97 Å². The van der Waals surface area contributed by atoms with Crippen LogP contribution in [0.4, 0.5) is 11.4 Å². The molecule has 0 aliphatic heterocycles. The van der Waals surface area contributed by atoms with Crippen molar-refractivity contribution in [3.8, 4) is 0 Å². The average molecular weight is 255 g/mol. The van der Waals surface area contributed by atoms with Crippen molar-refractivity contribution >= 4 is 17.3 Å². The van der Waals surface area contributed by atoms with Gasteiger partial charge in [-0.1, -0.05) is 36.4 Å². The summed E-state index contributed by atoms with van der Waals surface area (Å²) in [4.78, 5) is 10.9. The Balaban J connectivity index is 2.36. The summed E-state index contributed by atoms with van der Waals surface area (Å²) in [5, 5.41) is 12.3. The molecule has 0 fully saturated rings. The highest BCUT2D eigenvalue weighted by Crippen LogP contribution is 2.26. The number of hydrogen-bond donors (Lipinski definition) is 2. The van der Waals surface area contributed by atoms with Gasteiger partial charge in [-0.05, 0) is 36.6 Å². The highest BCUT2D eigenvalue weighted by atomic mass is 16.4. The minimum absolute atomic E-state index is 0.0219. The predicted molar refractivity (Wildman–Crippen MR) is 77.0 cm³/mol. The van der Waals surface area contributed by atoms with Gasteiger partial charge in [-0.2, -0.15) is 0 Å². The molecule has 98 valence electrons. The van der Waals surface area contributed by atoms with Gasteiger partial charge in [-0.25, -0.2) is 0 Å². The Morgan fingerprint density at radius 3 is 2.32 bits per heavy atom. The van der Waals surface area contributed by atoms with Crippen LogP contribution in [0.15, 0.2) is 42.5 Å². The average Bonchev–Trinajstić information content (AvgIpc) is 2.35. The van der Waals surface area contributed by atoms with Crippen LogP contribution >= 0.6 is 0 Å². The first-order valence-corrected chi connectivity index (χ1v) is 6.21. The zero-order valence-electron chi connectivity index (χ0n) is 11.1. The van der Waals surface area contributed by atoms with E-state index in [0.717, 1.165) is 28.1 Å². The molecule has 0 saturated carbocycles. The number of aryl methyl sites for hydroxylation is 2. The molecule has 0 aliphatic rings. The van der Waals surface area contributed by atoms with Crippen molar-refractivity contribution < 1.29 is 9.90 Å². The first-order valence-electron chi connectivity index (χ1n) is 6.21. The standard InChI is InChI=1S/C16H17NO2/c1-11-6-5-7-12(2)16(11)17-14-9-4-3-8-13(14)10-15(18)19/h3-9,17H,10H2,1-2H3,(H,18,19). The van der Waals surface area contributed by atoms with Gasteiger partial charge in [0.2, 0.25) is 0 Å². The van der Waals surface area contributed by atoms with E-state index in [9.17, 15) is 4.79 Å². The number of carboxylic acids is 1. The van der Waals surface area contributed by atoms with Gasteiger partial charge in [0.15, 0.2) is 0 Å². The van der Waals surface area contributed by atoms with Crippen molar-refractivity contribution in [2.45, 2.75) is 20.3 Å². The lowest BCUT2D eigenvalue weighted by atomic mass is 10.1. The fourth-order valence-corrected chi connectivity index (χ4v) is 2.11. The Hall–Kier alpha value is -2.29. The summed E-state index contributed by atoms with van der Waals surface area (Å²) in [5.41, 5.74) is 4.97. The van der Waals surface area contributed by atoms with E-state index in [1.807, 2.05) is 56.3 Å². The zero-order valence-corrected chi connectivity index (χ0v) is 11.1. The molecule has 2 aromatic carbocycles. The van der Waals surface area contributed by atoms with Gasteiger partial charge in [0.25, 0.3) is 0 Å². The van der Waals surface area contributed by atoms with Crippen LogP contribution in [-0.4, -0.2) is 11.1 Å². The molecule has 0 unspecified atom stereocenters. The van der Waals surface area contributed by atoms with Crippen molar-refractivity contribution in [1.82, 2.24) is 0 Å². The molecule has 0 radical (unpaired) electrons. The smallest absolute Gasteiger partial charge is 0.307 e. The molecule has 0 aliphatic carbocycles. The first kappa shape index (κ1) is 13.1. The number of benzene rings is 2. The molecule has 2 N–H and O–H groups in total. The normalized spacial score (nSPS) is 10.2. The molecule has 3 nitrogen and oxygen atoms in total. The number of nitrogens with one attached hydrogen (secondary N) is 1. The summed E-state index contributed by atoms with van der Waals surface area (Å²) in [6.45, 7) is 4.07. The number of para-hydroxylation sites is 2. The fourth-order valence-electron chi connectivity index (χ4n) is 2.11. The third-order valence-corrected chi connectivity index (χ3v) is 3.10. The fraction of sp³-hybridized carbons (Fsp3) is 0.188. The van der Waals surface area contributed by atoms with Crippen molar-refractivity contribution in [1.29, 1.82) is 0 Å². The van der Waals surface area contributed by atoms with Crippen molar-refractivity contribution in [3.63, 3.8) is 0 Å². The predicted octanol–water partition coefficient (Wildman–Crippen LogP) is 3.67. The molecule has 0 heterocycles. The highest BCUT2D eigenvalue weighted by Gasteiger charge is 2.08. The van der Waals surface area contributed by atoms with Crippen LogP contribution in [0, 0.1) is 13.8 Å². The maximum absolute atomic E-state index is 10.9. The number of carboxylic acid groups (broad SMARTS) is 1. The van der Waals surface area contributed by atoms with E-state index < -0.39 is 5.97 Å². The number of carbonyl (C=O) groups is 1. The molecular formula is C16H17NO2.